The fraction of sp³-hybridized carbons (Fsp3) is 0.261. The monoisotopic (exact) mass is 406 g/mol. The Balaban J connectivity index is 2.08. The summed E-state index contributed by atoms with van der Waals surface area (Å²) < 4.78 is 6.71. The molecular weight excluding hydrogens is 380 g/mol. The Hall–Kier alpha value is -3.61. The molecule has 30 heavy (non-hydrogen) atoms. The number of hydrogen-bond donors (Lipinski definition) is 2. The van der Waals surface area contributed by atoms with Gasteiger partial charge in [0.25, 0.3) is 5.56 Å². The number of ether oxygens (including phenoxy) is 1. The van der Waals surface area contributed by atoms with E-state index in [0.717, 1.165) is 11.3 Å². The number of carbonyl (C=O) groups is 1. The molecule has 1 heterocycles. The molecule has 0 atom stereocenters. The number of benzene rings is 2. The average Bonchev–Trinajstić information content (AvgIpc) is 3.09. The first kappa shape index (κ1) is 21.1. The van der Waals surface area contributed by atoms with Gasteiger partial charge in [0, 0.05) is 12.0 Å². The van der Waals surface area contributed by atoms with Crippen LogP contribution in [0.3, 0.4) is 0 Å². The predicted octanol–water partition coefficient (Wildman–Crippen LogP) is 3.73. The van der Waals surface area contributed by atoms with E-state index in [1.807, 2.05) is 68.4 Å². The van der Waals surface area contributed by atoms with Crippen LogP contribution in [0.25, 0.3) is 16.9 Å². The van der Waals surface area contributed by atoms with E-state index in [0.29, 0.717) is 29.1 Å². The molecule has 0 aliphatic rings. The zero-order chi connectivity index (χ0) is 21.7. The van der Waals surface area contributed by atoms with Gasteiger partial charge in [0.1, 0.15) is 5.75 Å². The molecule has 2 aromatic carbocycles. The lowest BCUT2D eigenvalue weighted by atomic mass is 10.1. The highest BCUT2D eigenvalue weighted by atomic mass is 16.5. The molecule has 1 aromatic heterocycles. The Kier molecular flexibility index (Phi) is 6.51. The summed E-state index contributed by atoms with van der Waals surface area (Å²) in [5.74, 6) is 0.753. The zero-order valence-electron chi connectivity index (χ0n) is 17.6. The number of nitrogens with zero attached hydrogens (tertiary/aromatic N) is 2. The van der Waals surface area contributed by atoms with E-state index in [1.165, 1.54) is 4.68 Å². The Morgan fingerprint density at radius 1 is 1.13 bits per heavy atom. The molecule has 0 radical (unpaired) electrons. The lowest BCUT2D eigenvalue weighted by Gasteiger charge is -2.06. The van der Waals surface area contributed by atoms with Crippen molar-refractivity contribution in [2.45, 2.75) is 27.2 Å². The Morgan fingerprint density at radius 2 is 1.80 bits per heavy atom. The summed E-state index contributed by atoms with van der Waals surface area (Å²) in [4.78, 5) is 25.3. The Bertz CT molecular complexity index is 1090. The average molecular weight is 406 g/mol. The van der Waals surface area contributed by atoms with Gasteiger partial charge in [-0.05, 0) is 49.2 Å². The first-order valence-corrected chi connectivity index (χ1v) is 9.79. The molecule has 0 bridgehead atoms. The minimum atomic E-state index is -0.244. The molecule has 3 rings (SSSR count). The molecule has 156 valence electrons. The van der Waals surface area contributed by atoms with Crippen molar-refractivity contribution in [3.63, 3.8) is 0 Å². The van der Waals surface area contributed by atoms with Crippen LogP contribution in [-0.4, -0.2) is 28.5 Å². The number of hydrogen-bond acceptors (Lipinski definition) is 4. The number of para-hydroxylation sites is 1. The SMILES string of the molecule is COc1ccc(-c2[nH]n(-c3ccccc3)c(=O)c2C(C)=NNC(=O)CC(C)C)cc1. The number of aromatic amines is 1. The number of amides is 1. The predicted molar refractivity (Wildman–Crippen MR) is 118 cm³/mol. The van der Waals surface area contributed by atoms with Gasteiger partial charge in [0.05, 0.1) is 29.8 Å². The number of H-pyrrole nitrogens is 1. The van der Waals surface area contributed by atoms with Crippen molar-refractivity contribution in [3.05, 3.63) is 70.5 Å². The van der Waals surface area contributed by atoms with Gasteiger partial charge in [-0.25, -0.2) is 10.1 Å². The molecule has 0 saturated heterocycles. The first-order valence-electron chi connectivity index (χ1n) is 9.79. The lowest BCUT2D eigenvalue weighted by molar-refractivity contribution is -0.121. The summed E-state index contributed by atoms with van der Waals surface area (Å²) in [6.45, 7) is 5.63. The van der Waals surface area contributed by atoms with Gasteiger partial charge < -0.3 is 4.74 Å². The number of rotatable bonds is 7. The third-order valence-corrected chi connectivity index (χ3v) is 4.59. The van der Waals surface area contributed by atoms with Crippen LogP contribution >= 0.6 is 0 Å². The molecule has 0 spiro atoms. The topological polar surface area (TPSA) is 88.5 Å². The van der Waals surface area contributed by atoms with E-state index in [9.17, 15) is 9.59 Å². The molecule has 3 aromatic rings. The highest BCUT2D eigenvalue weighted by Crippen LogP contribution is 2.24. The van der Waals surface area contributed by atoms with Crippen molar-refractivity contribution in [1.82, 2.24) is 15.2 Å². The normalized spacial score (nSPS) is 11.6. The number of nitrogens with one attached hydrogen (secondary N) is 2. The van der Waals surface area contributed by atoms with E-state index in [2.05, 4.69) is 15.6 Å². The molecule has 7 nitrogen and oxygen atoms in total. The molecule has 0 saturated carbocycles. The maximum Gasteiger partial charge on any atom is 0.281 e. The summed E-state index contributed by atoms with van der Waals surface area (Å²) in [7, 11) is 1.60. The largest absolute Gasteiger partial charge is 0.497 e. The third-order valence-electron chi connectivity index (χ3n) is 4.59. The summed E-state index contributed by atoms with van der Waals surface area (Å²) in [6, 6.07) is 16.7. The van der Waals surface area contributed by atoms with Gasteiger partial charge in [0.2, 0.25) is 5.91 Å². The summed E-state index contributed by atoms with van der Waals surface area (Å²) in [6.07, 6.45) is 0.365. The third kappa shape index (κ3) is 4.68. The van der Waals surface area contributed by atoms with E-state index in [1.54, 1.807) is 14.0 Å². The van der Waals surface area contributed by atoms with Gasteiger partial charge in [-0.3, -0.25) is 14.7 Å². The van der Waals surface area contributed by atoms with Crippen molar-refractivity contribution in [2.24, 2.45) is 11.0 Å². The minimum Gasteiger partial charge on any atom is -0.497 e. The number of methoxy groups -OCH3 is 1. The Morgan fingerprint density at radius 3 is 2.40 bits per heavy atom. The molecule has 0 aliphatic heterocycles. The van der Waals surface area contributed by atoms with Crippen LogP contribution in [0.5, 0.6) is 5.75 Å². The smallest absolute Gasteiger partial charge is 0.281 e. The van der Waals surface area contributed by atoms with Crippen molar-refractivity contribution < 1.29 is 9.53 Å². The van der Waals surface area contributed by atoms with Crippen molar-refractivity contribution in [1.29, 1.82) is 0 Å². The van der Waals surface area contributed by atoms with Crippen LogP contribution < -0.4 is 15.7 Å². The highest BCUT2D eigenvalue weighted by Gasteiger charge is 2.19. The maximum absolute atomic E-state index is 13.3. The fourth-order valence-electron chi connectivity index (χ4n) is 3.12. The molecule has 0 unspecified atom stereocenters. The quantitative estimate of drug-likeness (QED) is 0.463. The van der Waals surface area contributed by atoms with Crippen molar-refractivity contribution in [2.75, 3.05) is 7.11 Å². The summed E-state index contributed by atoms with van der Waals surface area (Å²) in [5, 5.41) is 7.38. The van der Waals surface area contributed by atoms with Gasteiger partial charge >= 0.3 is 0 Å². The van der Waals surface area contributed by atoms with Gasteiger partial charge in [-0.2, -0.15) is 5.10 Å². The first-order chi connectivity index (χ1) is 14.4. The molecule has 0 aliphatic carbocycles. The molecule has 0 fully saturated rings. The number of carbonyl (C=O) groups excluding carboxylic acids is 1. The standard InChI is InChI=1S/C23H26N4O3/c1-15(2)14-20(28)25-24-16(3)21-22(17-10-12-19(30-4)13-11-17)26-27(23(21)29)18-8-6-5-7-9-18/h5-13,15,26H,14H2,1-4H3,(H,25,28). The second-order valence-electron chi connectivity index (χ2n) is 7.40. The van der Waals surface area contributed by atoms with E-state index in [4.69, 9.17) is 4.74 Å². The van der Waals surface area contributed by atoms with E-state index >= 15 is 0 Å². The van der Waals surface area contributed by atoms with E-state index in [-0.39, 0.29) is 17.4 Å². The van der Waals surface area contributed by atoms with Crippen LogP contribution in [0.15, 0.2) is 64.5 Å². The van der Waals surface area contributed by atoms with Crippen LogP contribution in [0.2, 0.25) is 0 Å². The summed E-state index contributed by atoms with van der Waals surface area (Å²) in [5.41, 5.74) is 5.26. The van der Waals surface area contributed by atoms with Gasteiger partial charge in [-0.1, -0.05) is 32.0 Å². The Labute approximate surface area is 175 Å². The van der Waals surface area contributed by atoms with Crippen LogP contribution in [0.1, 0.15) is 32.8 Å². The van der Waals surface area contributed by atoms with Crippen molar-refractivity contribution in [3.8, 4) is 22.7 Å². The molecule has 1 amide bonds. The number of aromatic nitrogens is 2. The molecule has 2 N–H and O–H groups in total. The van der Waals surface area contributed by atoms with Gasteiger partial charge in [0.15, 0.2) is 0 Å². The van der Waals surface area contributed by atoms with Crippen molar-refractivity contribution >= 4 is 11.6 Å². The maximum atomic E-state index is 13.3. The second kappa shape index (κ2) is 9.26. The van der Waals surface area contributed by atoms with E-state index < -0.39 is 0 Å². The lowest BCUT2D eigenvalue weighted by Crippen LogP contribution is -2.24. The van der Waals surface area contributed by atoms with Gasteiger partial charge in [-0.15, -0.1) is 0 Å². The van der Waals surface area contributed by atoms with Crippen LogP contribution in [0.4, 0.5) is 0 Å². The molecule has 7 heteroatoms. The second-order valence-corrected chi connectivity index (χ2v) is 7.40. The fourth-order valence-corrected chi connectivity index (χ4v) is 3.12. The number of hydrazone groups is 1. The van der Waals surface area contributed by atoms with Crippen LogP contribution in [-0.2, 0) is 4.79 Å². The minimum absolute atomic E-state index is 0.186. The summed E-state index contributed by atoms with van der Waals surface area (Å²) >= 11 is 0. The molecular formula is C23H26N4O3. The van der Waals surface area contributed by atoms with Crippen LogP contribution in [0, 0.1) is 5.92 Å². The highest BCUT2D eigenvalue weighted by molar-refractivity contribution is 6.04. The zero-order valence-corrected chi connectivity index (χ0v) is 17.6.